The average Bonchev–Trinajstić information content (AvgIpc) is 3.41. The molecule has 0 amide bonds. The van der Waals surface area contributed by atoms with Crippen molar-refractivity contribution in [2.24, 2.45) is 0 Å². The second-order valence-electron chi connectivity index (χ2n) is 6.57. The fraction of sp³-hybridized carbons (Fsp3) is 0.0870. The van der Waals surface area contributed by atoms with Crippen LogP contribution >= 0.6 is 23.4 Å². The van der Waals surface area contributed by atoms with Gasteiger partial charge in [-0.2, -0.15) is 5.26 Å². The van der Waals surface area contributed by atoms with Gasteiger partial charge in [0.05, 0.1) is 16.4 Å². The summed E-state index contributed by atoms with van der Waals surface area (Å²) in [4.78, 5) is 0. The maximum absolute atomic E-state index is 9.72. The molecular weight excluding hydrogens is 374 g/mol. The maximum Gasteiger partial charge on any atom is 0.132 e. The third-order valence-corrected chi connectivity index (χ3v) is 6.85. The number of hydrogen-bond acceptors (Lipinski definition) is 3. The molecule has 2 aliphatic heterocycles. The summed E-state index contributed by atoms with van der Waals surface area (Å²) in [5, 5.41) is 10.6. The number of halogens is 1. The predicted octanol–water partition coefficient (Wildman–Crippen LogP) is 6.41. The highest BCUT2D eigenvalue weighted by molar-refractivity contribution is 8.08. The molecule has 0 saturated carbocycles. The Morgan fingerprint density at radius 2 is 1.56 bits per heavy atom. The molecule has 27 heavy (non-hydrogen) atoms. The molecule has 0 radical (unpaired) electrons. The highest BCUT2D eigenvalue weighted by Gasteiger charge is 2.61. The average molecular weight is 388 g/mol. The quantitative estimate of drug-likeness (QED) is 0.376. The van der Waals surface area contributed by atoms with Gasteiger partial charge in [-0.05, 0) is 29.8 Å². The van der Waals surface area contributed by atoms with Crippen LogP contribution in [-0.2, 0) is 4.75 Å². The molecule has 1 unspecified atom stereocenters. The van der Waals surface area contributed by atoms with Crippen LogP contribution in [0, 0.1) is 11.3 Å². The smallest absolute Gasteiger partial charge is 0.132 e. The minimum absolute atomic E-state index is 0.175. The third kappa shape index (κ3) is 2.56. The Morgan fingerprint density at radius 1 is 0.963 bits per heavy atom. The van der Waals surface area contributed by atoms with Crippen LogP contribution in [0.5, 0.6) is 11.5 Å². The second-order valence-corrected chi connectivity index (χ2v) is 8.39. The van der Waals surface area contributed by atoms with E-state index < -0.39 is 0 Å². The van der Waals surface area contributed by atoms with Gasteiger partial charge in [0.2, 0.25) is 0 Å². The van der Waals surface area contributed by atoms with Crippen LogP contribution in [0.1, 0.15) is 16.7 Å². The summed E-state index contributed by atoms with van der Waals surface area (Å²) >= 11 is 7.84. The number of allylic oxidation sites excluding steroid dienone is 1. The van der Waals surface area contributed by atoms with Crippen LogP contribution < -0.4 is 4.74 Å². The minimum Gasteiger partial charge on any atom is -0.457 e. The first-order valence-corrected chi connectivity index (χ1v) is 9.91. The lowest BCUT2D eigenvalue weighted by atomic mass is 9.84. The zero-order chi connectivity index (χ0) is 18.4. The van der Waals surface area contributed by atoms with Crippen molar-refractivity contribution in [3.05, 3.63) is 101 Å². The van der Waals surface area contributed by atoms with E-state index in [2.05, 4.69) is 24.3 Å². The Bertz CT molecular complexity index is 1070. The van der Waals surface area contributed by atoms with E-state index in [0.29, 0.717) is 10.6 Å². The summed E-state index contributed by atoms with van der Waals surface area (Å²) in [7, 11) is 0. The van der Waals surface area contributed by atoms with E-state index in [9.17, 15) is 5.26 Å². The predicted molar refractivity (Wildman–Crippen MR) is 110 cm³/mol. The molecule has 1 spiro atoms. The second kappa shape index (κ2) is 6.20. The fourth-order valence-corrected chi connectivity index (χ4v) is 5.29. The van der Waals surface area contributed by atoms with Crippen LogP contribution in [0.25, 0.3) is 5.57 Å². The van der Waals surface area contributed by atoms with E-state index in [0.717, 1.165) is 17.1 Å². The van der Waals surface area contributed by atoms with Crippen LogP contribution in [0.15, 0.2) is 78.9 Å². The van der Waals surface area contributed by atoms with E-state index in [4.69, 9.17) is 16.3 Å². The lowest BCUT2D eigenvalue weighted by Crippen LogP contribution is -2.19. The van der Waals surface area contributed by atoms with E-state index >= 15 is 0 Å². The van der Waals surface area contributed by atoms with Gasteiger partial charge < -0.3 is 4.74 Å². The van der Waals surface area contributed by atoms with Crippen molar-refractivity contribution in [3.8, 4) is 17.6 Å². The van der Waals surface area contributed by atoms with Crippen LogP contribution in [-0.4, -0.2) is 5.25 Å². The number of rotatable bonds is 2. The van der Waals surface area contributed by atoms with Crippen LogP contribution in [0.2, 0.25) is 5.02 Å². The SMILES string of the molecule is N#C/C(=C\C1SC12c1ccccc1Oc1ccccc12)c1ccc(Cl)cc1. The van der Waals surface area contributed by atoms with E-state index in [-0.39, 0.29) is 10.00 Å². The first kappa shape index (κ1) is 16.5. The molecular formula is C23H14ClNOS. The molecule has 3 aromatic carbocycles. The summed E-state index contributed by atoms with van der Waals surface area (Å²) in [5.41, 5.74) is 3.90. The lowest BCUT2D eigenvalue weighted by Gasteiger charge is -2.27. The highest BCUT2D eigenvalue weighted by Crippen LogP contribution is 2.71. The van der Waals surface area contributed by atoms with Crippen molar-refractivity contribution in [1.29, 1.82) is 5.26 Å². The summed E-state index contributed by atoms with van der Waals surface area (Å²) in [6.07, 6.45) is 2.08. The molecule has 2 nitrogen and oxygen atoms in total. The molecule has 4 heteroatoms. The number of thioether (sulfide) groups is 1. The van der Waals surface area contributed by atoms with Crippen LogP contribution in [0.3, 0.4) is 0 Å². The topological polar surface area (TPSA) is 33.0 Å². The van der Waals surface area contributed by atoms with E-state index in [1.54, 1.807) is 0 Å². The molecule has 0 bridgehead atoms. The molecule has 0 aromatic heterocycles. The third-order valence-electron chi connectivity index (χ3n) is 5.04. The van der Waals surface area contributed by atoms with Gasteiger partial charge in [0.25, 0.3) is 0 Å². The Hall–Kier alpha value is -2.67. The van der Waals surface area contributed by atoms with Gasteiger partial charge in [-0.25, -0.2) is 0 Å². The number of benzene rings is 3. The number of nitrogens with zero attached hydrogens (tertiary/aromatic N) is 1. The monoisotopic (exact) mass is 387 g/mol. The highest BCUT2D eigenvalue weighted by atomic mass is 35.5. The van der Waals surface area contributed by atoms with Crippen molar-refractivity contribution in [2.45, 2.75) is 10.00 Å². The van der Waals surface area contributed by atoms with Gasteiger partial charge in [0.15, 0.2) is 0 Å². The normalized spacial score (nSPS) is 18.8. The molecule has 3 aromatic rings. The Balaban J connectivity index is 1.61. The van der Waals surface area contributed by atoms with E-state index in [1.165, 1.54) is 11.1 Å². The largest absolute Gasteiger partial charge is 0.457 e. The standard InChI is InChI=1S/C23H14ClNOS/c24-17-11-9-15(10-12-17)16(14-25)13-22-23(27-22)18-5-1-3-7-20(18)26-21-8-4-2-6-19(21)23/h1-13,22H/b16-13+. The van der Waals surface area contributed by atoms with Gasteiger partial charge in [0.1, 0.15) is 11.5 Å². The summed E-state index contributed by atoms with van der Waals surface area (Å²) in [6, 6.07) is 26.1. The van der Waals surface area contributed by atoms with Crippen LogP contribution in [0.4, 0.5) is 0 Å². The number of nitriles is 1. The molecule has 5 rings (SSSR count). The first-order valence-electron chi connectivity index (χ1n) is 8.65. The molecule has 0 N–H and O–H groups in total. The van der Waals surface area contributed by atoms with Gasteiger partial charge in [-0.15, -0.1) is 11.8 Å². The Kier molecular flexibility index (Phi) is 3.79. The van der Waals surface area contributed by atoms with E-state index in [1.807, 2.05) is 72.4 Å². The van der Waals surface area contributed by atoms with Crippen molar-refractivity contribution in [1.82, 2.24) is 0 Å². The van der Waals surface area contributed by atoms with Crippen molar-refractivity contribution in [3.63, 3.8) is 0 Å². The Morgan fingerprint density at radius 3 is 2.15 bits per heavy atom. The van der Waals surface area contributed by atoms with Gasteiger partial charge in [-0.3, -0.25) is 0 Å². The minimum atomic E-state index is -0.194. The van der Waals surface area contributed by atoms with Gasteiger partial charge >= 0.3 is 0 Å². The number of fused-ring (bicyclic) bond motifs is 4. The van der Waals surface area contributed by atoms with Crippen molar-refractivity contribution >= 4 is 28.9 Å². The summed E-state index contributed by atoms with van der Waals surface area (Å²) < 4.78 is 5.92. The first-order chi connectivity index (χ1) is 13.2. The summed E-state index contributed by atoms with van der Waals surface area (Å²) in [6.45, 7) is 0. The number of para-hydroxylation sites is 2. The molecule has 1 atom stereocenters. The molecule has 130 valence electrons. The number of ether oxygens (including phenoxy) is 1. The zero-order valence-electron chi connectivity index (χ0n) is 14.2. The van der Waals surface area contributed by atoms with Crippen molar-refractivity contribution in [2.75, 3.05) is 0 Å². The Labute approximate surface area is 167 Å². The molecule has 1 fully saturated rings. The maximum atomic E-state index is 9.72. The van der Waals surface area contributed by atoms with Gasteiger partial charge in [0, 0.05) is 21.4 Å². The zero-order valence-corrected chi connectivity index (χ0v) is 15.8. The summed E-state index contributed by atoms with van der Waals surface area (Å²) in [5.74, 6) is 1.79. The number of hydrogen-bond donors (Lipinski definition) is 0. The fourth-order valence-electron chi connectivity index (χ4n) is 3.72. The van der Waals surface area contributed by atoms with Crippen molar-refractivity contribution < 1.29 is 4.74 Å². The molecule has 2 aliphatic rings. The molecule has 1 saturated heterocycles. The molecule has 2 heterocycles. The lowest BCUT2D eigenvalue weighted by molar-refractivity contribution is 0.447. The molecule has 0 aliphatic carbocycles. The van der Waals surface area contributed by atoms with Gasteiger partial charge in [-0.1, -0.05) is 66.2 Å².